The van der Waals surface area contributed by atoms with Gasteiger partial charge in [0.1, 0.15) is 5.82 Å². The predicted octanol–water partition coefficient (Wildman–Crippen LogP) is 3.79. The van der Waals surface area contributed by atoms with Crippen LogP contribution in [0.15, 0.2) is 39.5 Å². The van der Waals surface area contributed by atoms with Gasteiger partial charge in [0.15, 0.2) is 0 Å². The highest BCUT2D eigenvalue weighted by atomic mass is 79.9. The molecule has 3 aromatic rings. The summed E-state index contributed by atoms with van der Waals surface area (Å²) in [6, 6.07) is 8.31. The summed E-state index contributed by atoms with van der Waals surface area (Å²) in [7, 11) is 0. The number of hydrogen-bond donors (Lipinski definition) is 2. The number of amides is 1. The highest BCUT2D eigenvalue weighted by Gasteiger charge is 2.48. The van der Waals surface area contributed by atoms with Gasteiger partial charge in [0, 0.05) is 42.7 Å². The maximum atomic E-state index is 12.5. The number of aliphatic hydroxyl groups excluding tert-OH is 1. The van der Waals surface area contributed by atoms with Crippen LogP contribution < -0.4 is 5.32 Å². The molecule has 2 N–H and O–H groups in total. The maximum Gasteiger partial charge on any atom is 0.259 e. The van der Waals surface area contributed by atoms with Crippen molar-refractivity contribution >= 4 is 27.7 Å². The van der Waals surface area contributed by atoms with Gasteiger partial charge in [-0.2, -0.15) is 4.98 Å². The Kier molecular flexibility index (Phi) is 5.70. The van der Waals surface area contributed by atoms with E-state index in [-0.39, 0.29) is 24.0 Å². The lowest BCUT2D eigenvalue weighted by molar-refractivity contribution is -0.128. The first-order chi connectivity index (χ1) is 15.9. The number of anilines is 1. The molecule has 0 bridgehead atoms. The lowest BCUT2D eigenvalue weighted by Gasteiger charge is -2.24. The van der Waals surface area contributed by atoms with Gasteiger partial charge in [-0.3, -0.25) is 4.79 Å². The lowest BCUT2D eigenvalue weighted by atomic mass is 9.80. The van der Waals surface area contributed by atoms with Crippen molar-refractivity contribution in [3.8, 4) is 22.8 Å². The number of pyridine rings is 1. The smallest absolute Gasteiger partial charge is 0.259 e. The zero-order valence-corrected chi connectivity index (χ0v) is 20.2. The minimum absolute atomic E-state index is 0.0141. The fourth-order valence-electron chi connectivity index (χ4n) is 5.03. The zero-order valence-electron chi connectivity index (χ0n) is 18.6. The summed E-state index contributed by atoms with van der Waals surface area (Å²) >= 11 is 3.56. The average molecular weight is 512 g/mol. The first-order valence-electron chi connectivity index (χ1n) is 11.2. The van der Waals surface area contributed by atoms with Gasteiger partial charge in [0.05, 0.1) is 16.6 Å². The van der Waals surface area contributed by atoms with Crippen LogP contribution in [-0.4, -0.2) is 56.8 Å². The molecule has 8 nitrogen and oxygen atoms in total. The highest BCUT2D eigenvalue weighted by molar-refractivity contribution is 9.10. The molecule has 1 atom stereocenters. The maximum absolute atomic E-state index is 12.5. The molecule has 1 aromatic carbocycles. The fourth-order valence-corrected chi connectivity index (χ4v) is 5.49. The second kappa shape index (κ2) is 8.53. The van der Waals surface area contributed by atoms with E-state index < -0.39 is 0 Å². The standard InChI is InChI=1S/C24H26BrN5O3/c1-14(2)27-22-19(25)10-15(12-26-22)23-28-21(29-33-23)17-4-3-5-18-16(17)6-7-24(18)11-20(32)30(13-24)8-9-31/h3-5,10,12,14,31H,6-9,11,13H2,1-2H3,(H,26,27). The van der Waals surface area contributed by atoms with Crippen LogP contribution in [0.3, 0.4) is 0 Å². The molecule has 2 aliphatic rings. The van der Waals surface area contributed by atoms with Gasteiger partial charge in [-0.1, -0.05) is 23.4 Å². The average Bonchev–Trinajstić information content (AvgIpc) is 3.48. The van der Waals surface area contributed by atoms with E-state index in [0.29, 0.717) is 31.2 Å². The van der Waals surface area contributed by atoms with Gasteiger partial charge < -0.3 is 19.8 Å². The third kappa shape index (κ3) is 3.93. The summed E-state index contributed by atoms with van der Waals surface area (Å²) in [5, 5.41) is 16.8. The summed E-state index contributed by atoms with van der Waals surface area (Å²) in [5.41, 5.74) is 3.85. The molecule has 0 radical (unpaired) electrons. The number of aliphatic hydroxyl groups is 1. The molecule has 9 heteroatoms. The predicted molar refractivity (Wildman–Crippen MR) is 128 cm³/mol. The summed E-state index contributed by atoms with van der Waals surface area (Å²) in [6.07, 6.45) is 3.96. The quantitative estimate of drug-likeness (QED) is 0.518. The fraction of sp³-hybridized carbons (Fsp3) is 0.417. The molecule has 172 valence electrons. The van der Waals surface area contributed by atoms with Crippen molar-refractivity contribution in [1.82, 2.24) is 20.0 Å². The van der Waals surface area contributed by atoms with Crippen LogP contribution in [0.2, 0.25) is 0 Å². The molecular formula is C24H26BrN5O3. The number of nitrogens with zero attached hydrogens (tertiary/aromatic N) is 4. The first kappa shape index (κ1) is 22.0. The Morgan fingerprint density at radius 1 is 1.36 bits per heavy atom. The molecule has 1 saturated heterocycles. The van der Waals surface area contributed by atoms with Crippen LogP contribution in [0, 0.1) is 0 Å². The molecule has 1 spiro atoms. The number of aromatic nitrogens is 3. The number of likely N-dealkylation sites (tertiary alicyclic amines) is 1. The molecule has 5 rings (SSSR count). The Labute approximate surface area is 200 Å². The Balaban J connectivity index is 1.45. The van der Waals surface area contributed by atoms with Crippen molar-refractivity contribution in [3.63, 3.8) is 0 Å². The van der Waals surface area contributed by atoms with Gasteiger partial charge in [0.25, 0.3) is 5.89 Å². The van der Waals surface area contributed by atoms with Gasteiger partial charge in [0.2, 0.25) is 11.7 Å². The zero-order chi connectivity index (χ0) is 23.2. The van der Waals surface area contributed by atoms with E-state index in [1.807, 2.05) is 18.2 Å². The Morgan fingerprint density at radius 3 is 2.97 bits per heavy atom. The second-order valence-corrected chi connectivity index (χ2v) is 9.96. The van der Waals surface area contributed by atoms with E-state index in [1.54, 1.807) is 11.1 Å². The minimum Gasteiger partial charge on any atom is -0.395 e. The second-order valence-electron chi connectivity index (χ2n) is 9.10. The molecular weight excluding hydrogens is 486 g/mol. The van der Waals surface area contributed by atoms with E-state index in [1.165, 1.54) is 11.1 Å². The first-order valence-corrected chi connectivity index (χ1v) is 12.0. The highest BCUT2D eigenvalue weighted by Crippen LogP contribution is 2.48. The number of benzene rings is 1. The van der Waals surface area contributed by atoms with Crippen LogP contribution in [0.25, 0.3) is 22.8 Å². The van der Waals surface area contributed by atoms with E-state index in [2.05, 4.69) is 56.3 Å². The van der Waals surface area contributed by atoms with Gasteiger partial charge in [-0.25, -0.2) is 4.98 Å². The molecule has 1 unspecified atom stereocenters. The number of carbonyl (C=O) groups is 1. The molecule has 1 aliphatic heterocycles. The van der Waals surface area contributed by atoms with E-state index >= 15 is 0 Å². The molecule has 3 heterocycles. The molecule has 1 fully saturated rings. The third-order valence-electron chi connectivity index (χ3n) is 6.49. The topological polar surface area (TPSA) is 104 Å². The summed E-state index contributed by atoms with van der Waals surface area (Å²) < 4.78 is 6.42. The van der Waals surface area contributed by atoms with Gasteiger partial charge in [-0.05, 0) is 59.8 Å². The van der Waals surface area contributed by atoms with Crippen molar-refractivity contribution in [1.29, 1.82) is 0 Å². The number of fused-ring (bicyclic) bond motifs is 2. The van der Waals surface area contributed by atoms with Crippen molar-refractivity contribution in [2.24, 2.45) is 0 Å². The van der Waals surface area contributed by atoms with E-state index in [0.717, 1.165) is 34.3 Å². The largest absolute Gasteiger partial charge is 0.395 e. The Morgan fingerprint density at radius 2 is 2.21 bits per heavy atom. The van der Waals surface area contributed by atoms with Gasteiger partial charge in [-0.15, -0.1) is 0 Å². The lowest BCUT2D eigenvalue weighted by Crippen LogP contribution is -2.32. The number of halogens is 1. The number of rotatable bonds is 6. The third-order valence-corrected chi connectivity index (χ3v) is 7.09. The molecule has 0 saturated carbocycles. The van der Waals surface area contributed by atoms with E-state index in [9.17, 15) is 9.90 Å². The molecule has 1 amide bonds. The van der Waals surface area contributed by atoms with Crippen molar-refractivity contribution < 1.29 is 14.4 Å². The van der Waals surface area contributed by atoms with Crippen LogP contribution in [0.4, 0.5) is 5.82 Å². The van der Waals surface area contributed by atoms with Crippen molar-refractivity contribution in [2.45, 2.75) is 44.6 Å². The summed E-state index contributed by atoms with van der Waals surface area (Å²) in [5.74, 6) is 1.82. The van der Waals surface area contributed by atoms with Crippen molar-refractivity contribution in [2.75, 3.05) is 25.0 Å². The number of β-amino-alcohol motifs (C(OH)–C–C–N with tert-alkyl or cyclic N) is 1. The number of carbonyl (C=O) groups excluding carboxylic acids is 1. The normalized spacial score (nSPS) is 19.7. The Bertz CT molecular complexity index is 1210. The van der Waals surface area contributed by atoms with Crippen molar-refractivity contribution in [3.05, 3.63) is 46.1 Å². The summed E-state index contributed by atoms with van der Waals surface area (Å²) in [6.45, 7) is 5.14. The van der Waals surface area contributed by atoms with E-state index in [4.69, 9.17) is 4.52 Å². The van der Waals surface area contributed by atoms with Crippen LogP contribution >= 0.6 is 15.9 Å². The SMILES string of the molecule is CC(C)Nc1ncc(-c2nc(-c3cccc4c3CCC43CC(=O)N(CCO)C3)no2)cc1Br. The van der Waals surface area contributed by atoms with Gasteiger partial charge >= 0.3 is 0 Å². The van der Waals surface area contributed by atoms with Crippen LogP contribution in [0.5, 0.6) is 0 Å². The number of hydrogen-bond acceptors (Lipinski definition) is 7. The summed E-state index contributed by atoms with van der Waals surface area (Å²) in [4.78, 5) is 23.4. The minimum atomic E-state index is -0.196. The van der Waals surface area contributed by atoms with Crippen LogP contribution in [0.1, 0.15) is 37.8 Å². The monoisotopic (exact) mass is 511 g/mol. The molecule has 2 aromatic heterocycles. The number of nitrogens with one attached hydrogen (secondary N) is 1. The van der Waals surface area contributed by atoms with Crippen LogP contribution in [-0.2, 0) is 16.6 Å². The Hall–Kier alpha value is -2.78. The molecule has 33 heavy (non-hydrogen) atoms. The molecule has 1 aliphatic carbocycles.